The average molecular weight is 293 g/mol. The number of nitrogens with one attached hydrogen (secondary N) is 1. The Bertz CT molecular complexity index is 309. The lowest BCUT2D eigenvalue weighted by atomic mass is 10.00. The Morgan fingerprint density at radius 1 is 0.952 bits per heavy atom. The van der Waals surface area contributed by atoms with E-state index in [-0.39, 0.29) is 0 Å². The van der Waals surface area contributed by atoms with Gasteiger partial charge in [0.05, 0.1) is 0 Å². The number of unbranched alkanes of at least 4 members (excludes halogenated alkanes) is 10. The summed E-state index contributed by atoms with van der Waals surface area (Å²) in [6.07, 6.45) is 18.6. The van der Waals surface area contributed by atoms with E-state index in [1.807, 2.05) is 6.20 Å². The molecule has 0 radical (unpaired) electrons. The molecule has 2 heteroatoms. The summed E-state index contributed by atoms with van der Waals surface area (Å²) in [7, 11) is 0. The minimum atomic E-state index is 0.510. The van der Waals surface area contributed by atoms with Gasteiger partial charge in [0.1, 0.15) is 5.76 Å². The van der Waals surface area contributed by atoms with Gasteiger partial charge in [-0.3, -0.25) is 0 Å². The summed E-state index contributed by atoms with van der Waals surface area (Å²) in [5, 5.41) is 3.01. The van der Waals surface area contributed by atoms with Crippen molar-refractivity contribution >= 4 is 0 Å². The lowest BCUT2D eigenvalue weighted by Crippen LogP contribution is -1.99. The van der Waals surface area contributed by atoms with Crippen LogP contribution >= 0.6 is 0 Å². The summed E-state index contributed by atoms with van der Waals surface area (Å²) in [5.74, 6) is 2.22. The second kappa shape index (κ2) is 11.7. The van der Waals surface area contributed by atoms with Crippen molar-refractivity contribution in [1.82, 2.24) is 5.32 Å². The van der Waals surface area contributed by atoms with Gasteiger partial charge in [0.25, 0.3) is 0 Å². The minimum Gasteiger partial charge on any atom is -0.444 e. The smallest absolute Gasteiger partial charge is 0.189 e. The van der Waals surface area contributed by atoms with Crippen LogP contribution in [0.25, 0.3) is 0 Å². The molecule has 0 saturated heterocycles. The molecule has 0 aliphatic carbocycles. The molecule has 0 spiro atoms. The van der Waals surface area contributed by atoms with Gasteiger partial charge >= 0.3 is 0 Å². The molecule has 2 nitrogen and oxygen atoms in total. The Morgan fingerprint density at radius 3 is 1.95 bits per heavy atom. The lowest BCUT2D eigenvalue weighted by molar-refractivity contribution is 0.266. The fraction of sp³-hybridized carbons (Fsp3) is 0.789. The molecule has 1 rings (SSSR count). The maximum Gasteiger partial charge on any atom is 0.189 e. The number of rotatable bonds is 13. The first-order valence-electron chi connectivity index (χ1n) is 9.07. The molecule has 0 aromatic rings. The predicted octanol–water partition coefficient (Wildman–Crippen LogP) is 6.26. The van der Waals surface area contributed by atoms with Crippen molar-refractivity contribution in [2.24, 2.45) is 5.92 Å². The summed E-state index contributed by atoms with van der Waals surface area (Å²) in [4.78, 5) is 0. The Kier molecular flexibility index (Phi) is 10.1. The summed E-state index contributed by atoms with van der Waals surface area (Å²) < 4.78 is 5.53. The maximum atomic E-state index is 5.53. The van der Waals surface area contributed by atoms with Crippen molar-refractivity contribution in [2.45, 2.75) is 90.9 Å². The van der Waals surface area contributed by atoms with Crippen LogP contribution in [0, 0.1) is 5.92 Å². The third-order valence-corrected chi connectivity index (χ3v) is 4.34. The van der Waals surface area contributed by atoms with Crippen LogP contribution in [0.5, 0.6) is 0 Å². The molecular weight excluding hydrogens is 258 g/mol. The molecule has 1 aliphatic rings. The van der Waals surface area contributed by atoms with Gasteiger partial charge in [0, 0.05) is 12.1 Å². The van der Waals surface area contributed by atoms with Gasteiger partial charge in [-0.05, 0) is 13.0 Å². The van der Waals surface area contributed by atoms with Gasteiger partial charge in [-0.25, -0.2) is 0 Å². The van der Waals surface area contributed by atoms with E-state index in [2.05, 4.69) is 25.7 Å². The highest BCUT2D eigenvalue weighted by Gasteiger charge is 2.15. The van der Waals surface area contributed by atoms with Crippen LogP contribution in [0.2, 0.25) is 0 Å². The quantitative estimate of drug-likeness (QED) is 0.405. The van der Waals surface area contributed by atoms with E-state index in [4.69, 9.17) is 4.74 Å². The summed E-state index contributed by atoms with van der Waals surface area (Å²) in [6, 6.07) is 0. The summed E-state index contributed by atoms with van der Waals surface area (Å²) in [5.41, 5.74) is 0. The summed E-state index contributed by atoms with van der Waals surface area (Å²) >= 11 is 0. The van der Waals surface area contributed by atoms with Crippen molar-refractivity contribution in [3.8, 4) is 0 Å². The molecular formula is C19H35NO. The van der Waals surface area contributed by atoms with E-state index < -0.39 is 0 Å². The fourth-order valence-electron chi connectivity index (χ4n) is 2.85. The van der Waals surface area contributed by atoms with E-state index in [0.29, 0.717) is 11.8 Å². The first-order valence-corrected chi connectivity index (χ1v) is 9.07. The molecule has 122 valence electrons. The molecule has 0 saturated carbocycles. The normalized spacial score (nSPS) is 15.5. The Hall–Kier alpha value is -0.920. The van der Waals surface area contributed by atoms with Crippen molar-refractivity contribution in [3.05, 3.63) is 24.4 Å². The lowest BCUT2D eigenvalue weighted by Gasteiger charge is -2.11. The van der Waals surface area contributed by atoms with Crippen molar-refractivity contribution in [2.75, 3.05) is 0 Å². The van der Waals surface area contributed by atoms with Crippen LogP contribution in [0.15, 0.2) is 24.4 Å². The van der Waals surface area contributed by atoms with Gasteiger partial charge in [0.2, 0.25) is 0 Å². The highest BCUT2D eigenvalue weighted by molar-refractivity contribution is 5.09. The Balaban J connectivity index is 1.83. The highest BCUT2D eigenvalue weighted by Crippen LogP contribution is 2.23. The zero-order valence-electron chi connectivity index (χ0n) is 14.3. The first kappa shape index (κ1) is 18.1. The molecule has 0 aromatic carbocycles. The third-order valence-electron chi connectivity index (χ3n) is 4.34. The molecule has 0 amide bonds. The van der Waals surface area contributed by atoms with Gasteiger partial charge in [-0.2, -0.15) is 0 Å². The topological polar surface area (TPSA) is 21.3 Å². The number of hydrogen-bond acceptors (Lipinski definition) is 2. The predicted molar refractivity (Wildman–Crippen MR) is 91.7 cm³/mol. The van der Waals surface area contributed by atoms with E-state index >= 15 is 0 Å². The van der Waals surface area contributed by atoms with Gasteiger partial charge < -0.3 is 10.1 Å². The van der Waals surface area contributed by atoms with Crippen LogP contribution < -0.4 is 5.32 Å². The molecule has 1 heterocycles. The highest BCUT2D eigenvalue weighted by atomic mass is 16.5. The number of hydrogen-bond donors (Lipinski definition) is 1. The van der Waals surface area contributed by atoms with Gasteiger partial charge in [-0.15, -0.1) is 0 Å². The van der Waals surface area contributed by atoms with Crippen molar-refractivity contribution in [1.29, 1.82) is 0 Å². The second-order valence-corrected chi connectivity index (χ2v) is 6.44. The maximum absolute atomic E-state index is 5.53. The molecule has 1 N–H and O–H groups in total. The molecule has 1 unspecified atom stereocenters. The van der Waals surface area contributed by atoms with E-state index in [1.165, 1.54) is 77.0 Å². The minimum absolute atomic E-state index is 0.510. The van der Waals surface area contributed by atoms with Crippen LogP contribution in [0.4, 0.5) is 0 Å². The van der Waals surface area contributed by atoms with Gasteiger partial charge in [-0.1, -0.05) is 84.5 Å². The Labute approximate surface area is 132 Å². The average Bonchev–Trinajstić information content (AvgIpc) is 2.91. The fourth-order valence-corrected chi connectivity index (χ4v) is 2.85. The zero-order valence-corrected chi connectivity index (χ0v) is 14.3. The van der Waals surface area contributed by atoms with E-state index in [1.54, 1.807) is 0 Å². The van der Waals surface area contributed by atoms with Crippen LogP contribution in [0.1, 0.15) is 90.9 Å². The SMILES string of the molecule is C=C1NC=C(C(C)CCCCCCCCCCCCC)O1. The molecule has 1 aliphatic heterocycles. The zero-order chi connectivity index (χ0) is 15.3. The van der Waals surface area contributed by atoms with Crippen molar-refractivity contribution in [3.63, 3.8) is 0 Å². The summed E-state index contributed by atoms with van der Waals surface area (Å²) in [6.45, 7) is 8.28. The third kappa shape index (κ3) is 8.85. The largest absolute Gasteiger partial charge is 0.444 e. The number of ether oxygens (including phenoxy) is 1. The van der Waals surface area contributed by atoms with Crippen LogP contribution in [0.3, 0.4) is 0 Å². The second-order valence-electron chi connectivity index (χ2n) is 6.44. The number of allylic oxidation sites excluding steroid dienone is 1. The standard InChI is InChI=1S/C19H35NO/c1-4-5-6-7-8-9-10-11-12-13-14-15-17(2)19-16-20-18(3)21-19/h16-17,20H,3-15H2,1-2H3. The molecule has 0 aromatic heterocycles. The molecule has 0 bridgehead atoms. The van der Waals surface area contributed by atoms with E-state index in [0.717, 1.165) is 5.76 Å². The van der Waals surface area contributed by atoms with Crippen molar-refractivity contribution < 1.29 is 4.74 Å². The van der Waals surface area contributed by atoms with Crippen LogP contribution in [-0.4, -0.2) is 0 Å². The molecule has 1 atom stereocenters. The van der Waals surface area contributed by atoms with E-state index in [9.17, 15) is 0 Å². The monoisotopic (exact) mass is 293 g/mol. The molecule has 21 heavy (non-hydrogen) atoms. The molecule has 0 fully saturated rings. The Morgan fingerprint density at radius 2 is 1.48 bits per heavy atom. The first-order chi connectivity index (χ1) is 10.2. The van der Waals surface area contributed by atoms with Crippen LogP contribution in [-0.2, 0) is 4.74 Å². The van der Waals surface area contributed by atoms with Gasteiger partial charge in [0.15, 0.2) is 5.88 Å².